The predicted octanol–water partition coefficient (Wildman–Crippen LogP) is 2.06. The number of nitrogens with two attached hydrogens (primary N) is 1. The van der Waals surface area contributed by atoms with Crippen LogP contribution < -0.4 is 11.1 Å². The maximum Gasteiger partial charge on any atom is 0.227 e. The van der Waals surface area contributed by atoms with E-state index in [1.807, 2.05) is 0 Å². The van der Waals surface area contributed by atoms with Crippen molar-refractivity contribution in [2.24, 2.45) is 17.1 Å². The van der Waals surface area contributed by atoms with Crippen LogP contribution in [0.1, 0.15) is 52.9 Å². The van der Waals surface area contributed by atoms with Crippen LogP contribution in [0.5, 0.6) is 0 Å². The third-order valence-corrected chi connectivity index (χ3v) is 3.64. The molecule has 1 saturated carbocycles. The first-order valence-electron chi connectivity index (χ1n) is 6.51. The smallest absolute Gasteiger partial charge is 0.227 e. The number of carbonyl (C=O) groups excluding carboxylic acids is 1. The Balaban J connectivity index is 2.50. The predicted molar refractivity (Wildman–Crippen MR) is 67.0 cm³/mol. The number of carbonyl (C=O) groups is 1. The van der Waals surface area contributed by atoms with E-state index in [-0.39, 0.29) is 17.4 Å². The lowest BCUT2D eigenvalue weighted by Crippen LogP contribution is -2.47. The van der Waals surface area contributed by atoms with E-state index in [4.69, 9.17) is 5.73 Å². The normalized spacial score (nSPS) is 21.1. The SMILES string of the molecule is CC(C)CC(C)NC(=O)C1(CN)CCCC1. The van der Waals surface area contributed by atoms with Crippen LogP contribution in [0.4, 0.5) is 0 Å². The van der Waals surface area contributed by atoms with E-state index >= 15 is 0 Å². The van der Waals surface area contributed by atoms with Crippen LogP contribution >= 0.6 is 0 Å². The monoisotopic (exact) mass is 226 g/mol. The molecule has 3 nitrogen and oxygen atoms in total. The second-order valence-electron chi connectivity index (χ2n) is 5.70. The standard InChI is InChI=1S/C13H26N2O/c1-10(2)8-11(3)15-12(16)13(9-14)6-4-5-7-13/h10-11H,4-9,14H2,1-3H3,(H,15,16). The molecule has 0 aromatic rings. The Morgan fingerprint density at radius 2 is 1.88 bits per heavy atom. The van der Waals surface area contributed by atoms with Gasteiger partial charge in [-0.15, -0.1) is 0 Å². The maximum atomic E-state index is 12.2. The molecule has 1 amide bonds. The molecule has 0 radical (unpaired) electrons. The van der Waals surface area contributed by atoms with Crippen molar-refractivity contribution in [2.75, 3.05) is 6.54 Å². The molecule has 0 spiro atoms. The van der Waals surface area contributed by atoms with Gasteiger partial charge >= 0.3 is 0 Å². The number of hydrogen-bond acceptors (Lipinski definition) is 2. The lowest BCUT2D eigenvalue weighted by atomic mass is 9.85. The lowest BCUT2D eigenvalue weighted by Gasteiger charge is -2.28. The van der Waals surface area contributed by atoms with Gasteiger partial charge in [0.1, 0.15) is 0 Å². The van der Waals surface area contributed by atoms with Gasteiger partial charge in [-0.25, -0.2) is 0 Å². The number of amides is 1. The highest BCUT2D eigenvalue weighted by molar-refractivity contribution is 5.83. The van der Waals surface area contributed by atoms with E-state index in [0.29, 0.717) is 12.5 Å². The third kappa shape index (κ3) is 3.21. The molecule has 94 valence electrons. The van der Waals surface area contributed by atoms with Crippen LogP contribution in [0.3, 0.4) is 0 Å². The summed E-state index contributed by atoms with van der Waals surface area (Å²) in [5, 5.41) is 3.13. The van der Waals surface area contributed by atoms with Crippen LogP contribution in [0.2, 0.25) is 0 Å². The van der Waals surface area contributed by atoms with Crippen LogP contribution in [-0.4, -0.2) is 18.5 Å². The molecule has 1 rings (SSSR count). The molecule has 0 aromatic carbocycles. The third-order valence-electron chi connectivity index (χ3n) is 3.64. The summed E-state index contributed by atoms with van der Waals surface area (Å²) in [5.41, 5.74) is 5.53. The highest BCUT2D eigenvalue weighted by Crippen LogP contribution is 2.37. The average molecular weight is 226 g/mol. The van der Waals surface area contributed by atoms with Crippen molar-refractivity contribution in [3.05, 3.63) is 0 Å². The van der Waals surface area contributed by atoms with Crippen LogP contribution in [0.25, 0.3) is 0 Å². The van der Waals surface area contributed by atoms with E-state index in [9.17, 15) is 4.79 Å². The summed E-state index contributed by atoms with van der Waals surface area (Å²) < 4.78 is 0. The summed E-state index contributed by atoms with van der Waals surface area (Å²) in [6.07, 6.45) is 5.24. The average Bonchev–Trinajstić information content (AvgIpc) is 2.65. The minimum absolute atomic E-state index is 0.181. The van der Waals surface area contributed by atoms with Crippen molar-refractivity contribution in [1.82, 2.24) is 5.32 Å². The molecule has 1 fully saturated rings. The van der Waals surface area contributed by atoms with Gasteiger partial charge in [0.25, 0.3) is 0 Å². The molecule has 1 aliphatic carbocycles. The summed E-state index contributed by atoms with van der Waals surface area (Å²) in [5.74, 6) is 0.799. The zero-order valence-corrected chi connectivity index (χ0v) is 10.9. The topological polar surface area (TPSA) is 55.1 Å². The van der Waals surface area contributed by atoms with Crippen LogP contribution in [0, 0.1) is 11.3 Å². The number of hydrogen-bond donors (Lipinski definition) is 2. The highest BCUT2D eigenvalue weighted by Gasteiger charge is 2.40. The zero-order chi connectivity index (χ0) is 12.2. The maximum absolute atomic E-state index is 12.2. The van der Waals surface area contributed by atoms with Gasteiger partial charge in [-0.2, -0.15) is 0 Å². The first kappa shape index (κ1) is 13.5. The highest BCUT2D eigenvalue weighted by atomic mass is 16.2. The fourth-order valence-electron chi connectivity index (χ4n) is 2.72. The molecule has 3 heteroatoms. The molecule has 1 atom stereocenters. The molecule has 0 saturated heterocycles. The Morgan fingerprint density at radius 3 is 2.31 bits per heavy atom. The van der Waals surface area contributed by atoms with Crippen molar-refractivity contribution >= 4 is 5.91 Å². The summed E-state index contributed by atoms with van der Waals surface area (Å²) >= 11 is 0. The fourth-order valence-corrected chi connectivity index (χ4v) is 2.72. The van der Waals surface area contributed by atoms with E-state index in [1.54, 1.807) is 0 Å². The zero-order valence-electron chi connectivity index (χ0n) is 10.9. The second-order valence-corrected chi connectivity index (χ2v) is 5.70. The Bertz CT molecular complexity index is 232. The quantitative estimate of drug-likeness (QED) is 0.754. The first-order valence-corrected chi connectivity index (χ1v) is 6.51. The van der Waals surface area contributed by atoms with Crippen molar-refractivity contribution in [3.8, 4) is 0 Å². The lowest BCUT2D eigenvalue weighted by molar-refractivity contribution is -0.131. The molecule has 0 aromatic heterocycles. The van der Waals surface area contributed by atoms with E-state index < -0.39 is 0 Å². The molecule has 0 aliphatic heterocycles. The van der Waals surface area contributed by atoms with Gasteiger partial charge in [0.2, 0.25) is 5.91 Å². The van der Waals surface area contributed by atoms with Crippen molar-refractivity contribution in [2.45, 2.75) is 58.9 Å². The number of nitrogens with one attached hydrogen (secondary N) is 1. The summed E-state index contributed by atoms with van der Waals surface area (Å²) in [7, 11) is 0. The summed E-state index contributed by atoms with van der Waals surface area (Å²) in [6, 6.07) is 0.261. The molecular formula is C13H26N2O. The van der Waals surface area contributed by atoms with E-state index in [1.165, 1.54) is 0 Å². The van der Waals surface area contributed by atoms with Gasteiger partial charge in [-0.1, -0.05) is 26.7 Å². The van der Waals surface area contributed by atoms with Crippen molar-refractivity contribution in [3.63, 3.8) is 0 Å². The number of rotatable bonds is 5. The van der Waals surface area contributed by atoms with Crippen LogP contribution in [-0.2, 0) is 4.79 Å². The van der Waals surface area contributed by atoms with Crippen molar-refractivity contribution in [1.29, 1.82) is 0 Å². The Labute approximate surface area is 99.2 Å². The van der Waals surface area contributed by atoms with E-state index in [2.05, 4.69) is 26.1 Å². The molecule has 1 unspecified atom stereocenters. The van der Waals surface area contributed by atoms with Crippen molar-refractivity contribution < 1.29 is 4.79 Å². The Morgan fingerprint density at radius 1 is 1.31 bits per heavy atom. The molecular weight excluding hydrogens is 200 g/mol. The van der Waals surface area contributed by atoms with Gasteiger partial charge in [0.05, 0.1) is 5.41 Å². The van der Waals surface area contributed by atoms with Crippen LogP contribution in [0.15, 0.2) is 0 Å². The molecule has 1 aliphatic rings. The summed E-state index contributed by atoms with van der Waals surface area (Å²) in [4.78, 5) is 12.2. The minimum atomic E-state index is -0.259. The molecule has 16 heavy (non-hydrogen) atoms. The molecule has 3 N–H and O–H groups in total. The summed E-state index contributed by atoms with van der Waals surface area (Å²) in [6.45, 7) is 6.93. The Hall–Kier alpha value is -0.570. The van der Waals surface area contributed by atoms with Gasteiger partial charge in [-0.3, -0.25) is 4.79 Å². The Kier molecular flexibility index (Phi) is 4.78. The fraction of sp³-hybridized carbons (Fsp3) is 0.923. The second kappa shape index (κ2) is 5.67. The minimum Gasteiger partial charge on any atom is -0.353 e. The van der Waals surface area contributed by atoms with Gasteiger partial charge in [0, 0.05) is 12.6 Å². The largest absolute Gasteiger partial charge is 0.353 e. The van der Waals surface area contributed by atoms with Gasteiger partial charge in [-0.05, 0) is 32.1 Å². The molecule has 0 bridgehead atoms. The molecule has 0 heterocycles. The van der Waals surface area contributed by atoms with Gasteiger partial charge in [0.15, 0.2) is 0 Å². The van der Waals surface area contributed by atoms with E-state index in [0.717, 1.165) is 32.1 Å². The first-order chi connectivity index (χ1) is 7.50. The van der Waals surface area contributed by atoms with Gasteiger partial charge < -0.3 is 11.1 Å².